The predicted octanol–water partition coefficient (Wildman–Crippen LogP) is 2.57. The maximum atomic E-state index is 12.1. The average Bonchev–Trinajstić information content (AvgIpc) is 3.15. The van der Waals surface area contributed by atoms with Crippen molar-refractivity contribution in [2.75, 3.05) is 5.32 Å². The van der Waals surface area contributed by atoms with Gasteiger partial charge in [-0.25, -0.2) is 0 Å². The zero-order chi connectivity index (χ0) is 13.3. The van der Waals surface area contributed by atoms with Crippen molar-refractivity contribution in [2.45, 2.75) is 12.8 Å². The van der Waals surface area contributed by atoms with Gasteiger partial charge in [-0.05, 0) is 40.9 Å². The van der Waals surface area contributed by atoms with Gasteiger partial charge in [-0.2, -0.15) is 0 Å². The average molecular weight is 333 g/mol. The summed E-state index contributed by atoms with van der Waals surface area (Å²) in [4.78, 5) is 12.1. The Hall–Kier alpha value is -1.27. The molecule has 1 fully saturated rings. The highest BCUT2D eigenvalue weighted by molar-refractivity contribution is 9.10. The van der Waals surface area contributed by atoms with E-state index in [4.69, 9.17) is 22.5 Å². The molecule has 0 aromatic heterocycles. The third-order valence-electron chi connectivity index (χ3n) is 2.98. The van der Waals surface area contributed by atoms with E-state index in [9.17, 15) is 4.79 Å². The van der Waals surface area contributed by atoms with E-state index < -0.39 is 5.41 Å². The highest BCUT2D eigenvalue weighted by Crippen LogP contribution is 2.47. The molecule has 1 aliphatic rings. The topological polar surface area (TPSA) is 87.7 Å². The number of nitrogens with two attached hydrogens (primary N) is 1. The van der Waals surface area contributed by atoms with E-state index in [1.807, 2.05) is 0 Å². The number of amidine groups is 1. The van der Waals surface area contributed by atoms with Crippen molar-refractivity contribution in [3.8, 4) is 0 Å². The fourth-order valence-corrected chi connectivity index (χ4v) is 2.20. The molecule has 0 atom stereocenters. The first-order valence-electron chi connectivity index (χ1n) is 5.25. The van der Waals surface area contributed by atoms with E-state index in [0.717, 1.165) is 0 Å². The molecule has 1 amide bonds. The lowest BCUT2D eigenvalue weighted by molar-refractivity contribution is -0.119. The standard InChI is InChI=1S/C11H11BrClN3O2/c12-8-6(13)2-1-3-7(8)15-10(17)11(4-5-11)9(14)16-18/h1-3,18H,4-5H2,(H2,14,16)(H,15,17). The Balaban J connectivity index is 2.20. The Kier molecular flexibility index (Phi) is 3.49. The van der Waals surface area contributed by atoms with Crippen molar-refractivity contribution >= 4 is 45.0 Å². The number of halogens is 2. The van der Waals surface area contributed by atoms with Crippen molar-refractivity contribution in [1.82, 2.24) is 0 Å². The Morgan fingerprint density at radius 1 is 1.56 bits per heavy atom. The van der Waals surface area contributed by atoms with Gasteiger partial charge in [-0.15, -0.1) is 0 Å². The summed E-state index contributed by atoms with van der Waals surface area (Å²) in [5, 5.41) is 14.8. The van der Waals surface area contributed by atoms with Crippen molar-refractivity contribution in [3.05, 3.63) is 27.7 Å². The van der Waals surface area contributed by atoms with Crippen LogP contribution in [0.25, 0.3) is 0 Å². The van der Waals surface area contributed by atoms with Crippen LogP contribution in [0.3, 0.4) is 0 Å². The number of nitrogens with zero attached hydrogens (tertiary/aromatic N) is 1. The van der Waals surface area contributed by atoms with E-state index in [-0.39, 0.29) is 11.7 Å². The fraction of sp³-hybridized carbons (Fsp3) is 0.273. The van der Waals surface area contributed by atoms with Crippen LogP contribution in [0, 0.1) is 5.41 Å². The van der Waals surface area contributed by atoms with Gasteiger partial charge < -0.3 is 16.3 Å². The lowest BCUT2D eigenvalue weighted by atomic mass is 10.1. The van der Waals surface area contributed by atoms with Gasteiger partial charge in [0.15, 0.2) is 5.84 Å². The molecule has 0 radical (unpaired) electrons. The number of amides is 1. The first-order valence-corrected chi connectivity index (χ1v) is 6.42. The highest BCUT2D eigenvalue weighted by atomic mass is 79.9. The monoisotopic (exact) mass is 331 g/mol. The van der Waals surface area contributed by atoms with E-state index in [1.54, 1.807) is 18.2 Å². The molecule has 4 N–H and O–H groups in total. The van der Waals surface area contributed by atoms with E-state index >= 15 is 0 Å². The Morgan fingerprint density at radius 3 is 2.78 bits per heavy atom. The molecule has 96 valence electrons. The molecule has 0 spiro atoms. The zero-order valence-corrected chi connectivity index (χ0v) is 11.6. The van der Waals surface area contributed by atoms with Gasteiger partial charge in [0.1, 0.15) is 5.41 Å². The molecular weight excluding hydrogens is 321 g/mol. The number of carbonyl (C=O) groups is 1. The van der Waals surface area contributed by atoms with Gasteiger partial charge in [0.25, 0.3) is 0 Å². The minimum atomic E-state index is -0.878. The zero-order valence-electron chi connectivity index (χ0n) is 9.28. The van der Waals surface area contributed by atoms with Crippen LogP contribution in [0.1, 0.15) is 12.8 Å². The van der Waals surface area contributed by atoms with E-state index in [0.29, 0.717) is 28.0 Å². The maximum Gasteiger partial charge on any atom is 0.238 e. The lowest BCUT2D eigenvalue weighted by Crippen LogP contribution is -2.36. The van der Waals surface area contributed by atoms with Crippen LogP contribution in [0.4, 0.5) is 5.69 Å². The summed E-state index contributed by atoms with van der Waals surface area (Å²) < 4.78 is 0.607. The van der Waals surface area contributed by atoms with Crippen LogP contribution < -0.4 is 11.1 Å². The fourth-order valence-electron chi connectivity index (χ4n) is 1.66. The van der Waals surface area contributed by atoms with Gasteiger partial charge in [-0.1, -0.05) is 22.8 Å². The third-order valence-corrected chi connectivity index (χ3v) is 4.38. The van der Waals surface area contributed by atoms with Crippen LogP contribution in [0.15, 0.2) is 27.8 Å². The normalized spacial score (nSPS) is 17.3. The van der Waals surface area contributed by atoms with Crippen LogP contribution in [-0.2, 0) is 4.79 Å². The quantitative estimate of drug-likeness (QED) is 0.344. The third kappa shape index (κ3) is 2.18. The van der Waals surface area contributed by atoms with Gasteiger partial charge in [0.2, 0.25) is 5.91 Å². The molecule has 0 aliphatic heterocycles. The molecule has 18 heavy (non-hydrogen) atoms. The first-order chi connectivity index (χ1) is 8.51. The minimum absolute atomic E-state index is 0.0573. The number of hydrogen-bond acceptors (Lipinski definition) is 3. The molecule has 0 saturated heterocycles. The molecule has 2 rings (SSSR count). The lowest BCUT2D eigenvalue weighted by Gasteiger charge is -2.14. The number of nitrogens with one attached hydrogen (secondary N) is 1. The summed E-state index contributed by atoms with van der Waals surface area (Å²) in [6.07, 6.45) is 1.15. The van der Waals surface area contributed by atoms with E-state index in [2.05, 4.69) is 26.4 Å². The van der Waals surface area contributed by atoms with Crippen LogP contribution in [0.2, 0.25) is 5.02 Å². The summed E-state index contributed by atoms with van der Waals surface area (Å²) in [5.41, 5.74) is 5.22. The molecule has 1 aliphatic carbocycles. The number of anilines is 1. The molecule has 1 saturated carbocycles. The number of oxime groups is 1. The first kappa shape index (κ1) is 13.2. The molecule has 0 unspecified atom stereocenters. The van der Waals surface area contributed by atoms with Crippen LogP contribution in [0.5, 0.6) is 0 Å². The molecule has 0 heterocycles. The molecule has 5 nitrogen and oxygen atoms in total. The largest absolute Gasteiger partial charge is 0.409 e. The van der Waals surface area contributed by atoms with Crippen LogP contribution >= 0.6 is 27.5 Å². The Bertz CT molecular complexity index is 529. The number of rotatable bonds is 3. The summed E-state index contributed by atoms with van der Waals surface area (Å²) in [6, 6.07) is 5.15. The summed E-state index contributed by atoms with van der Waals surface area (Å²) in [7, 11) is 0. The number of carbonyl (C=O) groups excluding carboxylic acids is 1. The molecule has 1 aromatic rings. The second-order valence-electron chi connectivity index (χ2n) is 4.12. The second-order valence-corrected chi connectivity index (χ2v) is 5.32. The van der Waals surface area contributed by atoms with Gasteiger partial charge in [0.05, 0.1) is 15.2 Å². The molecule has 1 aromatic carbocycles. The van der Waals surface area contributed by atoms with Crippen molar-refractivity contribution in [1.29, 1.82) is 0 Å². The van der Waals surface area contributed by atoms with Gasteiger partial charge in [-0.3, -0.25) is 4.79 Å². The minimum Gasteiger partial charge on any atom is -0.409 e. The Labute approximate surface area is 117 Å². The van der Waals surface area contributed by atoms with Crippen LogP contribution in [-0.4, -0.2) is 17.0 Å². The molecule has 7 heteroatoms. The van der Waals surface area contributed by atoms with Crippen molar-refractivity contribution in [3.63, 3.8) is 0 Å². The van der Waals surface area contributed by atoms with E-state index in [1.165, 1.54) is 0 Å². The summed E-state index contributed by atoms with van der Waals surface area (Å²) >= 11 is 9.22. The van der Waals surface area contributed by atoms with Crippen molar-refractivity contribution in [2.24, 2.45) is 16.3 Å². The molecule has 0 bridgehead atoms. The van der Waals surface area contributed by atoms with Gasteiger partial charge in [0, 0.05) is 0 Å². The Morgan fingerprint density at radius 2 is 2.22 bits per heavy atom. The summed E-state index contributed by atoms with van der Waals surface area (Å²) in [5.74, 6) is -0.348. The highest BCUT2D eigenvalue weighted by Gasteiger charge is 2.54. The SMILES string of the molecule is N/C(=N/O)C1(C(=O)Nc2cccc(Cl)c2Br)CC1. The smallest absolute Gasteiger partial charge is 0.238 e. The number of hydrogen-bond donors (Lipinski definition) is 3. The number of benzene rings is 1. The van der Waals surface area contributed by atoms with Crippen molar-refractivity contribution < 1.29 is 10.0 Å². The predicted molar refractivity (Wildman–Crippen MR) is 72.9 cm³/mol. The maximum absolute atomic E-state index is 12.1. The molecular formula is C11H11BrClN3O2. The van der Waals surface area contributed by atoms with Gasteiger partial charge >= 0.3 is 0 Å². The second kappa shape index (κ2) is 4.78. The summed E-state index contributed by atoms with van der Waals surface area (Å²) in [6.45, 7) is 0.